The van der Waals surface area contributed by atoms with E-state index in [2.05, 4.69) is 0 Å². The number of hydrogen-bond donors (Lipinski definition) is 1. The molecule has 0 unspecified atom stereocenters. The smallest absolute Gasteiger partial charge is 0.280 e. The Labute approximate surface area is 179 Å². The first-order valence-electron chi connectivity index (χ1n) is 11.1. The number of fused-ring (bicyclic) bond motifs is 1. The molecule has 1 N–H and O–H groups in total. The van der Waals surface area contributed by atoms with Gasteiger partial charge in [-0.3, -0.25) is 4.79 Å². The van der Waals surface area contributed by atoms with Crippen LogP contribution in [0.1, 0.15) is 32.6 Å². The molecule has 1 amide bonds. The fourth-order valence-corrected chi connectivity index (χ4v) is 6.14. The van der Waals surface area contributed by atoms with Crippen LogP contribution in [0.25, 0.3) is 10.8 Å². The van der Waals surface area contributed by atoms with Crippen molar-refractivity contribution in [2.24, 2.45) is 0 Å². The first kappa shape index (κ1) is 21.3. The molecule has 4 rings (SSSR count). The van der Waals surface area contributed by atoms with Crippen LogP contribution in [0.4, 0.5) is 0 Å². The van der Waals surface area contributed by atoms with Crippen LogP contribution >= 0.6 is 0 Å². The summed E-state index contributed by atoms with van der Waals surface area (Å²) in [5.74, 6) is 0.220. The number of carbonyl (C=O) groups excluding carboxylic acids is 1. The molecule has 6 nitrogen and oxygen atoms in total. The molecule has 0 aliphatic carbocycles. The van der Waals surface area contributed by atoms with Gasteiger partial charge in [0, 0.05) is 13.1 Å². The Kier molecular flexibility index (Phi) is 6.41. The number of carbonyl (C=O) groups is 1. The number of quaternary nitrogens is 1. The molecule has 2 heterocycles. The number of benzene rings is 2. The van der Waals surface area contributed by atoms with Gasteiger partial charge in [-0.2, -0.15) is 4.31 Å². The second-order valence-electron chi connectivity index (χ2n) is 8.53. The zero-order valence-corrected chi connectivity index (χ0v) is 18.5. The van der Waals surface area contributed by atoms with Crippen molar-refractivity contribution in [1.82, 2.24) is 9.21 Å². The van der Waals surface area contributed by atoms with Gasteiger partial charge >= 0.3 is 0 Å². The molecule has 2 saturated heterocycles. The second kappa shape index (κ2) is 9.04. The Morgan fingerprint density at radius 2 is 1.53 bits per heavy atom. The molecule has 2 fully saturated rings. The van der Waals surface area contributed by atoms with Gasteiger partial charge in [-0.25, -0.2) is 8.42 Å². The van der Waals surface area contributed by atoms with Gasteiger partial charge in [0.1, 0.15) is 0 Å². The number of piperazine rings is 1. The lowest BCUT2D eigenvalue weighted by molar-refractivity contribution is -0.918. The van der Waals surface area contributed by atoms with Crippen LogP contribution in [0.5, 0.6) is 0 Å². The fourth-order valence-electron chi connectivity index (χ4n) is 4.66. The SMILES string of the molecule is C[C@H](C(=O)N1CCCCCC1)[NH+]1CCN(S(=O)(=O)c2ccc3ccccc3c2)CC1. The molecular formula is C23H32N3O3S+. The van der Waals surface area contributed by atoms with Gasteiger partial charge in [0.2, 0.25) is 10.0 Å². The third kappa shape index (κ3) is 4.38. The van der Waals surface area contributed by atoms with Crippen molar-refractivity contribution in [3.05, 3.63) is 42.5 Å². The van der Waals surface area contributed by atoms with Crippen LogP contribution in [-0.2, 0) is 14.8 Å². The summed E-state index contributed by atoms with van der Waals surface area (Å²) in [4.78, 5) is 16.5. The fraction of sp³-hybridized carbons (Fsp3) is 0.522. The molecule has 7 heteroatoms. The molecule has 0 spiro atoms. The van der Waals surface area contributed by atoms with Crippen molar-refractivity contribution in [3.8, 4) is 0 Å². The van der Waals surface area contributed by atoms with Crippen molar-refractivity contribution < 1.29 is 18.1 Å². The molecular weight excluding hydrogens is 398 g/mol. The van der Waals surface area contributed by atoms with E-state index < -0.39 is 10.0 Å². The molecule has 0 saturated carbocycles. The molecule has 0 aromatic heterocycles. The van der Waals surface area contributed by atoms with Crippen LogP contribution in [0.15, 0.2) is 47.4 Å². The highest BCUT2D eigenvalue weighted by Gasteiger charge is 2.36. The number of likely N-dealkylation sites (tertiary alicyclic amines) is 1. The Morgan fingerprint density at radius 3 is 2.20 bits per heavy atom. The van der Waals surface area contributed by atoms with E-state index in [1.54, 1.807) is 16.4 Å². The number of amides is 1. The van der Waals surface area contributed by atoms with Gasteiger partial charge in [-0.05, 0) is 42.7 Å². The lowest BCUT2D eigenvalue weighted by atomic mass is 10.1. The van der Waals surface area contributed by atoms with E-state index in [0.717, 1.165) is 36.7 Å². The highest BCUT2D eigenvalue weighted by Crippen LogP contribution is 2.22. The van der Waals surface area contributed by atoms with Crippen LogP contribution in [0.2, 0.25) is 0 Å². The Balaban J connectivity index is 1.41. The monoisotopic (exact) mass is 430 g/mol. The summed E-state index contributed by atoms with van der Waals surface area (Å²) in [7, 11) is -3.52. The zero-order chi connectivity index (χ0) is 21.1. The topological polar surface area (TPSA) is 62.1 Å². The average Bonchev–Trinajstić information content (AvgIpc) is 3.07. The molecule has 1 atom stereocenters. The number of sulfonamides is 1. The summed E-state index contributed by atoms with van der Waals surface area (Å²) in [6.45, 7) is 5.93. The zero-order valence-electron chi connectivity index (χ0n) is 17.7. The third-order valence-corrected chi connectivity index (χ3v) is 8.52. The van der Waals surface area contributed by atoms with Gasteiger partial charge in [0.25, 0.3) is 5.91 Å². The lowest BCUT2D eigenvalue weighted by Crippen LogP contribution is -3.19. The second-order valence-corrected chi connectivity index (χ2v) is 10.5. The summed E-state index contributed by atoms with van der Waals surface area (Å²) in [5.41, 5.74) is 0. The highest BCUT2D eigenvalue weighted by atomic mass is 32.2. The normalized spacial score (nSPS) is 20.8. The van der Waals surface area contributed by atoms with E-state index in [-0.39, 0.29) is 11.9 Å². The minimum atomic E-state index is -3.52. The van der Waals surface area contributed by atoms with E-state index in [0.29, 0.717) is 31.1 Å². The van der Waals surface area contributed by atoms with Crippen molar-refractivity contribution in [2.75, 3.05) is 39.3 Å². The Bertz CT molecular complexity index is 992. The first-order chi connectivity index (χ1) is 14.5. The summed E-state index contributed by atoms with van der Waals surface area (Å²) in [6, 6.07) is 13.0. The minimum Gasteiger partial charge on any atom is -0.338 e. The molecule has 2 aliphatic heterocycles. The van der Waals surface area contributed by atoms with Gasteiger partial charge in [0.15, 0.2) is 6.04 Å². The predicted octanol–water partition coefficient (Wildman–Crippen LogP) is 1.52. The van der Waals surface area contributed by atoms with E-state index in [1.165, 1.54) is 17.7 Å². The Hall–Kier alpha value is -1.96. The molecule has 0 radical (unpaired) electrons. The molecule has 30 heavy (non-hydrogen) atoms. The molecule has 2 aromatic carbocycles. The standard InChI is InChI=1S/C23H31N3O3S/c1-19(23(27)25-12-6-2-3-7-13-25)24-14-16-26(17-15-24)30(28,29)22-11-10-20-8-4-5-9-21(20)18-22/h4-5,8-11,18-19H,2-3,6-7,12-17H2,1H3/p+1/t19-/m1/s1. The van der Waals surface area contributed by atoms with Crippen LogP contribution in [0.3, 0.4) is 0 Å². The van der Waals surface area contributed by atoms with E-state index in [4.69, 9.17) is 0 Å². The predicted molar refractivity (Wildman–Crippen MR) is 118 cm³/mol. The van der Waals surface area contributed by atoms with Crippen LogP contribution in [0, 0.1) is 0 Å². The average molecular weight is 431 g/mol. The van der Waals surface area contributed by atoms with E-state index in [9.17, 15) is 13.2 Å². The lowest BCUT2D eigenvalue weighted by Gasteiger charge is -2.35. The maximum absolute atomic E-state index is 13.2. The van der Waals surface area contributed by atoms with Crippen molar-refractivity contribution in [1.29, 1.82) is 0 Å². The van der Waals surface area contributed by atoms with Crippen molar-refractivity contribution in [3.63, 3.8) is 0 Å². The summed E-state index contributed by atoms with van der Waals surface area (Å²) in [5, 5.41) is 1.96. The van der Waals surface area contributed by atoms with E-state index >= 15 is 0 Å². The summed E-state index contributed by atoms with van der Waals surface area (Å²) in [6.07, 6.45) is 4.59. The maximum Gasteiger partial charge on any atom is 0.280 e. The number of nitrogens with one attached hydrogen (secondary N) is 1. The minimum absolute atomic E-state index is 0.117. The summed E-state index contributed by atoms with van der Waals surface area (Å²) < 4.78 is 27.9. The van der Waals surface area contributed by atoms with Crippen molar-refractivity contribution >= 4 is 26.7 Å². The van der Waals surface area contributed by atoms with Gasteiger partial charge in [-0.1, -0.05) is 43.2 Å². The first-order valence-corrected chi connectivity index (χ1v) is 12.5. The Morgan fingerprint density at radius 1 is 0.900 bits per heavy atom. The van der Waals surface area contributed by atoms with Crippen LogP contribution < -0.4 is 4.90 Å². The van der Waals surface area contributed by atoms with Gasteiger partial charge < -0.3 is 9.80 Å². The largest absolute Gasteiger partial charge is 0.338 e. The van der Waals surface area contributed by atoms with E-state index in [1.807, 2.05) is 42.2 Å². The quantitative estimate of drug-likeness (QED) is 0.800. The number of nitrogens with zero attached hydrogens (tertiary/aromatic N) is 2. The van der Waals surface area contributed by atoms with Crippen LogP contribution in [-0.4, -0.2) is 68.8 Å². The summed E-state index contributed by atoms with van der Waals surface area (Å²) >= 11 is 0. The van der Waals surface area contributed by atoms with Crippen molar-refractivity contribution in [2.45, 2.75) is 43.5 Å². The number of hydrogen-bond acceptors (Lipinski definition) is 3. The molecule has 2 aliphatic rings. The molecule has 0 bridgehead atoms. The molecule has 2 aromatic rings. The van der Waals surface area contributed by atoms with Gasteiger partial charge in [0.05, 0.1) is 31.1 Å². The highest BCUT2D eigenvalue weighted by molar-refractivity contribution is 7.89. The molecule has 162 valence electrons. The number of rotatable bonds is 4. The van der Waals surface area contributed by atoms with Gasteiger partial charge in [-0.15, -0.1) is 0 Å². The maximum atomic E-state index is 13.2. The third-order valence-electron chi connectivity index (χ3n) is 6.62.